The van der Waals surface area contributed by atoms with E-state index in [1.54, 1.807) is 30.3 Å². The SMILES string of the molecule is CCOc1ccc(C(=O)NCC(=O)NC(C)c2cc(F)ccc2N2CCN(C)CC2)cc1. The van der Waals surface area contributed by atoms with Gasteiger partial charge in [0.25, 0.3) is 5.91 Å². The monoisotopic (exact) mass is 442 g/mol. The molecule has 1 heterocycles. The number of hydrogen-bond acceptors (Lipinski definition) is 5. The van der Waals surface area contributed by atoms with Crippen molar-refractivity contribution < 1.29 is 18.7 Å². The molecule has 0 aromatic heterocycles. The number of nitrogens with one attached hydrogen (secondary N) is 2. The minimum Gasteiger partial charge on any atom is -0.494 e. The molecule has 1 unspecified atom stereocenters. The number of carbonyl (C=O) groups excluding carboxylic acids is 2. The molecule has 7 nitrogen and oxygen atoms in total. The molecular weight excluding hydrogens is 411 g/mol. The Morgan fingerprint density at radius 1 is 1.09 bits per heavy atom. The lowest BCUT2D eigenvalue weighted by atomic mass is 10.0. The summed E-state index contributed by atoms with van der Waals surface area (Å²) in [5.74, 6) is -0.352. The van der Waals surface area contributed by atoms with Crippen molar-refractivity contribution in [3.05, 3.63) is 59.4 Å². The number of ether oxygens (including phenoxy) is 1. The van der Waals surface area contributed by atoms with E-state index in [1.807, 2.05) is 13.8 Å². The molecule has 8 heteroatoms. The summed E-state index contributed by atoms with van der Waals surface area (Å²) in [5, 5.41) is 5.49. The molecule has 1 fully saturated rings. The van der Waals surface area contributed by atoms with Gasteiger partial charge in [0.15, 0.2) is 0 Å². The third-order valence-electron chi connectivity index (χ3n) is 5.51. The highest BCUT2D eigenvalue weighted by Gasteiger charge is 2.21. The molecule has 1 aliphatic rings. The Kier molecular flexibility index (Phi) is 8.05. The van der Waals surface area contributed by atoms with Gasteiger partial charge >= 0.3 is 0 Å². The first-order chi connectivity index (χ1) is 15.4. The summed E-state index contributed by atoms with van der Waals surface area (Å²) in [4.78, 5) is 29.2. The van der Waals surface area contributed by atoms with Crippen LogP contribution in [0.4, 0.5) is 10.1 Å². The van der Waals surface area contributed by atoms with Gasteiger partial charge in [0.2, 0.25) is 5.91 Å². The van der Waals surface area contributed by atoms with Gasteiger partial charge in [0.05, 0.1) is 19.2 Å². The van der Waals surface area contributed by atoms with E-state index >= 15 is 0 Å². The lowest BCUT2D eigenvalue weighted by Crippen LogP contribution is -2.45. The van der Waals surface area contributed by atoms with Crippen LogP contribution in [0.2, 0.25) is 0 Å². The molecular formula is C24H31FN4O3. The molecule has 0 saturated carbocycles. The summed E-state index contributed by atoms with van der Waals surface area (Å²) >= 11 is 0. The molecule has 0 radical (unpaired) electrons. The van der Waals surface area contributed by atoms with Crippen molar-refractivity contribution in [2.75, 3.05) is 51.3 Å². The second kappa shape index (κ2) is 10.9. The average Bonchev–Trinajstić information content (AvgIpc) is 2.79. The first kappa shape index (κ1) is 23.5. The van der Waals surface area contributed by atoms with Gasteiger partial charge in [-0.05, 0) is 63.4 Å². The zero-order valence-corrected chi connectivity index (χ0v) is 18.9. The minimum absolute atomic E-state index is 0.171. The Morgan fingerprint density at radius 2 is 1.78 bits per heavy atom. The zero-order valence-electron chi connectivity index (χ0n) is 18.9. The molecule has 32 heavy (non-hydrogen) atoms. The van der Waals surface area contributed by atoms with Gasteiger partial charge in [-0.3, -0.25) is 9.59 Å². The third-order valence-corrected chi connectivity index (χ3v) is 5.51. The number of amides is 2. The fraction of sp³-hybridized carbons (Fsp3) is 0.417. The van der Waals surface area contributed by atoms with Crippen LogP contribution in [0.15, 0.2) is 42.5 Å². The summed E-state index contributed by atoms with van der Waals surface area (Å²) in [6, 6.07) is 11.0. The van der Waals surface area contributed by atoms with Gasteiger partial charge in [0.1, 0.15) is 11.6 Å². The number of anilines is 1. The third kappa shape index (κ3) is 6.20. The van der Waals surface area contributed by atoms with Crippen LogP contribution in [0.1, 0.15) is 35.8 Å². The molecule has 1 saturated heterocycles. The van der Waals surface area contributed by atoms with Gasteiger partial charge < -0.3 is 25.2 Å². The smallest absolute Gasteiger partial charge is 0.251 e. The minimum atomic E-state index is -0.407. The second-order valence-corrected chi connectivity index (χ2v) is 7.92. The summed E-state index contributed by atoms with van der Waals surface area (Å²) in [6.45, 7) is 7.62. The Bertz CT molecular complexity index is 927. The molecule has 1 atom stereocenters. The Balaban J connectivity index is 1.58. The zero-order chi connectivity index (χ0) is 23.1. The largest absolute Gasteiger partial charge is 0.494 e. The average molecular weight is 443 g/mol. The fourth-order valence-electron chi connectivity index (χ4n) is 3.71. The van der Waals surface area contributed by atoms with Crippen molar-refractivity contribution in [3.8, 4) is 5.75 Å². The number of benzene rings is 2. The predicted molar refractivity (Wildman–Crippen MR) is 123 cm³/mol. The van der Waals surface area contributed by atoms with Crippen LogP contribution in [0.25, 0.3) is 0 Å². The van der Waals surface area contributed by atoms with Crippen LogP contribution in [0, 0.1) is 5.82 Å². The van der Waals surface area contributed by atoms with E-state index in [1.165, 1.54) is 12.1 Å². The molecule has 1 aliphatic heterocycles. The van der Waals surface area contributed by atoms with E-state index in [4.69, 9.17) is 4.74 Å². The van der Waals surface area contributed by atoms with Crippen molar-refractivity contribution in [1.29, 1.82) is 0 Å². The molecule has 172 valence electrons. The van der Waals surface area contributed by atoms with E-state index in [0.29, 0.717) is 17.9 Å². The molecule has 3 rings (SSSR count). The summed E-state index contributed by atoms with van der Waals surface area (Å²) in [7, 11) is 2.08. The van der Waals surface area contributed by atoms with Gasteiger partial charge in [-0.1, -0.05) is 0 Å². The van der Waals surface area contributed by atoms with E-state index in [0.717, 1.165) is 37.4 Å². The van der Waals surface area contributed by atoms with E-state index < -0.39 is 6.04 Å². The standard InChI is InChI=1S/C24H31FN4O3/c1-4-32-20-8-5-18(6-9-20)24(31)26-16-23(30)27-17(2)21-15-19(25)7-10-22(21)29-13-11-28(3)12-14-29/h5-10,15,17H,4,11-14,16H2,1-3H3,(H,26,31)(H,27,30). The normalized spacial score (nSPS) is 15.2. The quantitative estimate of drug-likeness (QED) is 0.658. The first-order valence-electron chi connectivity index (χ1n) is 10.9. The predicted octanol–water partition coefficient (Wildman–Crippen LogP) is 2.58. The maximum Gasteiger partial charge on any atom is 0.251 e. The van der Waals surface area contributed by atoms with Crippen LogP contribution in [0.3, 0.4) is 0 Å². The van der Waals surface area contributed by atoms with E-state index in [9.17, 15) is 14.0 Å². The van der Waals surface area contributed by atoms with Crippen LogP contribution in [-0.2, 0) is 4.79 Å². The van der Waals surface area contributed by atoms with Crippen molar-refractivity contribution in [2.24, 2.45) is 0 Å². The van der Waals surface area contributed by atoms with Crippen molar-refractivity contribution in [1.82, 2.24) is 15.5 Å². The summed E-state index contributed by atoms with van der Waals surface area (Å²) in [5.41, 5.74) is 2.09. The molecule has 2 aromatic carbocycles. The molecule has 2 amide bonds. The number of piperazine rings is 1. The van der Waals surface area contributed by atoms with Crippen molar-refractivity contribution in [3.63, 3.8) is 0 Å². The van der Waals surface area contributed by atoms with Gasteiger partial charge in [-0.25, -0.2) is 4.39 Å². The Morgan fingerprint density at radius 3 is 2.44 bits per heavy atom. The van der Waals surface area contributed by atoms with Crippen LogP contribution in [-0.4, -0.2) is 63.1 Å². The maximum absolute atomic E-state index is 14.0. The number of nitrogens with zero attached hydrogens (tertiary/aromatic N) is 2. The number of carbonyl (C=O) groups is 2. The van der Waals surface area contributed by atoms with Crippen LogP contribution in [0.5, 0.6) is 5.75 Å². The van der Waals surface area contributed by atoms with Crippen molar-refractivity contribution in [2.45, 2.75) is 19.9 Å². The van der Waals surface area contributed by atoms with Crippen molar-refractivity contribution >= 4 is 17.5 Å². The maximum atomic E-state index is 14.0. The molecule has 2 N–H and O–H groups in total. The number of likely N-dealkylation sites (N-methyl/N-ethyl adjacent to an activating group) is 1. The number of rotatable bonds is 8. The lowest BCUT2D eigenvalue weighted by Gasteiger charge is -2.36. The molecule has 2 aromatic rings. The second-order valence-electron chi connectivity index (χ2n) is 7.92. The first-order valence-corrected chi connectivity index (χ1v) is 10.9. The lowest BCUT2D eigenvalue weighted by molar-refractivity contribution is -0.120. The fourth-order valence-corrected chi connectivity index (χ4v) is 3.71. The van der Waals surface area contributed by atoms with Crippen LogP contribution >= 0.6 is 0 Å². The topological polar surface area (TPSA) is 73.9 Å². The Hall–Kier alpha value is -3.13. The van der Waals surface area contributed by atoms with Gasteiger partial charge in [-0.2, -0.15) is 0 Å². The Labute approximate surface area is 188 Å². The van der Waals surface area contributed by atoms with Crippen LogP contribution < -0.4 is 20.3 Å². The number of halogens is 1. The van der Waals surface area contributed by atoms with E-state index in [-0.39, 0.29) is 24.2 Å². The van der Waals surface area contributed by atoms with E-state index in [2.05, 4.69) is 27.5 Å². The molecule has 0 spiro atoms. The van der Waals surface area contributed by atoms with Gasteiger partial charge in [-0.15, -0.1) is 0 Å². The number of hydrogen-bond donors (Lipinski definition) is 2. The molecule has 0 bridgehead atoms. The highest BCUT2D eigenvalue weighted by Crippen LogP contribution is 2.28. The molecule has 0 aliphatic carbocycles. The summed E-state index contributed by atoms with van der Waals surface area (Å²) < 4.78 is 19.4. The highest BCUT2D eigenvalue weighted by molar-refractivity contribution is 5.96. The van der Waals surface area contributed by atoms with Gasteiger partial charge in [0, 0.05) is 43.0 Å². The summed E-state index contributed by atoms with van der Waals surface area (Å²) in [6.07, 6.45) is 0. The highest BCUT2D eigenvalue weighted by atomic mass is 19.1.